The van der Waals surface area contributed by atoms with Crippen molar-refractivity contribution in [2.45, 2.75) is 19.4 Å². The number of hydrogen-bond donors (Lipinski definition) is 2. The van der Waals surface area contributed by atoms with E-state index in [9.17, 15) is 9.59 Å². The van der Waals surface area contributed by atoms with E-state index in [1.54, 1.807) is 22.0 Å². The molecule has 0 radical (unpaired) electrons. The number of urea groups is 1. The summed E-state index contributed by atoms with van der Waals surface area (Å²) in [4.78, 5) is 24.3. The van der Waals surface area contributed by atoms with E-state index < -0.39 is 5.97 Å². The van der Waals surface area contributed by atoms with Crippen LogP contribution in [0.3, 0.4) is 0 Å². The van der Waals surface area contributed by atoms with Crippen molar-refractivity contribution in [3.8, 4) is 0 Å². The number of carboxylic acid groups (broad SMARTS) is 1. The first-order valence-electron chi connectivity index (χ1n) is 6.26. The lowest BCUT2D eigenvalue weighted by molar-refractivity contribution is -0.143. The number of carboxylic acids is 1. The molecule has 1 saturated heterocycles. The van der Waals surface area contributed by atoms with Crippen LogP contribution >= 0.6 is 0 Å². The second-order valence-corrected chi connectivity index (χ2v) is 4.50. The van der Waals surface area contributed by atoms with Crippen LogP contribution in [0.2, 0.25) is 0 Å². The number of amides is 2. The highest BCUT2D eigenvalue weighted by molar-refractivity contribution is 5.75. The Kier molecular flexibility index (Phi) is 4.32. The van der Waals surface area contributed by atoms with Gasteiger partial charge < -0.3 is 15.3 Å². The zero-order chi connectivity index (χ0) is 13.7. The number of aromatic nitrogens is 3. The Morgan fingerprint density at radius 1 is 1.37 bits per heavy atom. The van der Waals surface area contributed by atoms with Gasteiger partial charge in [-0.3, -0.25) is 9.48 Å². The first kappa shape index (κ1) is 13.3. The first-order valence-corrected chi connectivity index (χ1v) is 6.26. The fourth-order valence-corrected chi connectivity index (χ4v) is 2.07. The van der Waals surface area contributed by atoms with Crippen LogP contribution in [0.15, 0.2) is 12.4 Å². The summed E-state index contributed by atoms with van der Waals surface area (Å²) in [6.07, 6.45) is 4.35. The molecule has 0 spiro atoms. The van der Waals surface area contributed by atoms with Gasteiger partial charge in [-0.2, -0.15) is 0 Å². The second-order valence-electron chi connectivity index (χ2n) is 4.50. The summed E-state index contributed by atoms with van der Waals surface area (Å²) in [6, 6.07) is -0.149. The molecule has 0 aliphatic carbocycles. The van der Waals surface area contributed by atoms with Crippen molar-refractivity contribution in [3.05, 3.63) is 12.4 Å². The van der Waals surface area contributed by atoms with Crippen molar-refractivity contribution >= 4 is 12.0 Å². The van der Waals surface area contributed by atoms with Crippen LogP contribution in [-0.4, -0.2) is 56.6 Å². The largest absolute Gasteiger partial charge is 0.481 e. The number of carbonyl (C=O) groups excluding carboxylic acids is 1. The molecule has 0 saturated carbocycles. The molecule has 2 rings (SSSR count). The SMILES string of the molecule is O=C(O)C1CCN(C(=O)NCCn2ccnn2)CC1. The van der Waals surface area contributed by atoms with Gasteiger partial charge in [0.25, 0.3) is 0 Å². The van der Waals surface area contributed by atoms with Crippen LogP contribution in [0, 0.1) is 5.92 Å². The van der Waals surface area contributed by atoms with E-state index in [1.807, 2.05) is 0 Å². The number of nitrogens with one attached hydrogen (secondary N) is 1. The summed E-state index contributed by atoms with van der Waals surface area (Å²) in [7, 11) is 0. The number of aliphatic carboxylic acids is 1. The van der Waals surface area contributed by atoms with Gasteiger partial charge in [-0.05, 0) is 12.8 Å². The topological polar surface area (TPSA) is 100 Å². The monoisotopic (exact) mass is 267 g/mol. The fourth-order valence-electron chi connectivity index (χ4n) is 2.07. The molecule has 2 N–H and O–H groups in total. The van der Waals surface area contributed by atoms with E-state index in [1.165, 1.54) is 0 Å². The molecule has 8 nitrogen and oxygen atoms in total. The van der Waals surface area contributed by atoms with E-state index >= 15 is 0 Å². The normalized spacial score (nSPS) is 16.3. The molecule has 104 valence electrons. The summed E-state index contributed by atoms with van der Waals surface area (Å²) < 4.78 is 1.64. The Morgan fingerprint density at radius 2 is 2.11 bits per heavy atom. The first-order chi connectivity index (χ1) is 9.16. The van der Waals surface area contributed by atoms with Crippen molar-refractivity contribution in [2.75, 3.05) is 19.6 Å². The van der Waals surface area contributed by atoms with Gasteiger partial charge in [0.15, 0.2) is 0 Å². The summed E-state index contributed by atoms with van der Waals surface area (Å²) in [5, 5.41) is 19.1. The number of nitrogens with zero attached hydrogens (tertiary/aromatic N) is 4. The van der Waals surface area contributed by atoms with Gasteiger partial charge >= 0.3 is 12.0 Å². The molecule has 0 aromatic carbocycles. The molecule has 0 unspecified atom stereocenters. The molecule has 1 aliphatic rings. The second kappa shape index (κ2) is 6.17. The third-order valence-corrected chi connectivity index (χ3v) is 3.22. The number of likely N-dealkylation sites (tertiary alicyclic amines) is 1. The minimum absolute atomic E-state index is 0.149. The van der Waals surface area contributed by atoms with Crippen LogP contribution < -0.4 is 5.32 Å². The van der Waals surface area contributed by atoms with Gasteiger partial charge in [0.1, 0.15) is 0 Å². The zero-order valence-corrected chi connectivity index (χ0v) is 10.5. The average molecular weight is 267 g/mol. The highest BCUT2D eigenvalue weighted by Crippen LogP contribution is 2.16. The number of rotatable bonds is 4. The van der Waals surface area contributed by atoms with E-state index in [4.69, 9.17) is 5.11 Å². The lowest BCUT2D eigenvalue weighted by Crippen LogP contribution is -2.46. The van der Waals surface area contributed by atoms with Crippen molar-refractivity contribution in [1.82, 2.24) is 25.2 Å². The Hall–Kier alpha value is -2.12. The third kappa shape index (κ3) is 3.67. The molecule has 0 bridgehead atoms. The Balaban J connectivity index is 1.68. The lowest BCUT2D eigenvalue weighted by Gasteiger charge is -2.30. The van der Waals surface area contributed by atoms with Gasteiger partial charge in [-0.25, -0.2) is 4.79 Å². The summed E-state index contributed by atoms with van der Waals surface area (Å²) in [6.45, 7) is 2.02. The van der Waals surface area contributed by atoms with Gasteiger partial charge in [0.05, 0.1) is 18.7 Å². The van der Waals surface area contributed by atoms with E-state index in [0.29, 0.717) is 39.0 Å². The molecular formula is C11H17N5O3. The molecular weight excluding hydrogens is 250 g/mol. The van der Waals surface area contributed by atoms with Crippen molar-refractivity contribution in [2.24, 2.45) is 5.92 Å². The highest BCUT2D eigenvalue weighted by atomic mass is 16.4. The van der Waals surface area contributed by atoms with E-state index in [2.05, 4.69) is 15.6 Å². The summed E-state index contributed by atoms with van der Waals surface area (Å²) in [5.74, 6) is -1.09. The fraction of sp³-hybridized carbons (Fsp3) is 0.636. The molecule has 0 atom stereocenters. The smallest absolute Gasteiger partial charge is 0.317 e. The third-order valence-electron chi connectivity index (χ3n) is 3.22. The summed E-state index contributed by atoms with van der Waals surface area (Å²) >= 11 is 0. The van der Waals surface area contributed by atoms with E-state index in [0.717, 1.165) is 0 Å². The quantitative estimate of drug-likeness (QED) is 0.785. The zero-order valence-electron chi connectivity index (χ0n) is 10.5. The average Bonchev–Trinajstić information content (AvgIpc) is 2.92. The Labute approximate surface area is 110 Å². The van der Waals surface area contributed by atoms with Crippen molar-refractivity contribution in [1.29, 1.82) is 0 Å². The maximum Gasteiger partial charge on any atom is 0.317 e. The maximum absolute atomic E-state index is 11.8. The maximum atomic E-state index is 11.8. The van der Waals surface area contributed by atoms with Crippen LogP contribution in [-0.2, 0) is 11.3 Å². The van der Waals surface area contributed by atoms with Crippen LogP contribution in [0.5, 0.6) is 0 Å². The molecule has 2 amide bonds. The van der Waals surface area contributed by atoms with Gasteiger partial charge in [0.2, 0.25) is 0 Å². The molecule has 1 aromatic rings. The Bertz CT molecular complexity index is 426. The van der Waals surface area contributed by atoms with Gasteiger partial charge in [0, 0.05) is 25.8 Å². The van der Waals surface area contributed by atoms with Crippen LogP contribution in [0.4, 0.5) is 4.79 Å². The predicted molar refractivity (Wildman–Crippen MR) is 65.4 cm³/mol. The minimum atomic E-state index is -0.772. The molecule has 19 heavy (non-hydrogen) atoms. The van der Waals surface area contributed by atoms with E-state index in [-0.39, 0.29) is 11.9 Å². The number of carbonyl (C=O) groups is 2. The Morgan fingerprint density at radius 3 is 2.68 bits per heavy atom. The van der Waals surface area contributed by atoms with Gasteiger partial charge in [-0.15, -0.1) is 5.10 Å². The minimum Gasteiger partial charge on any atom is -0.481 e. The standard InChI is InChI=1S/C11H17N5O3/c17-10(18)9-1-5-15(6-2-9)11(19)12-3-7-16-8-4-13-14-16/h4,8-9H,1-3,5-7H2,(H,12,19)(H,17,18). The predicted octanol–water partition coefficient (Wildman–Crippen LogP) is -0.216. The highest BCUT2D eigenvalue weighted by Gasteiger charge is 2.26. The molecule has 8 heteroatoms. The van der Waals surface area contributed by atoms with Crippen molar-refractivity contribution < 1.29 is 14.7 Å². The number of piperidine rings is 1. The van der Waals surface area contributed by atoms with Crippen LogP contribution in [0.25, 0.3) is 0 Å². The molecule has 2 heterocycles. The summed E-state index contributed by atoms with van der Waals surface area (Å²) in [5.41, 5.74) is 0. The van der Waals surface area contributed by atoms with Crippen molar-refractivity contribution in [3.63, 3.8) is 0 Å². The number of hydrogen-bond acceptors (Lipinski definition) is 4. The van der Waals surface area contributed by atoms with Gasteiger partial charge in [-0.1, -0.05) is 5.21 Å². The molecule has 1 fully saturated rings. The molecule has 1 aliphatic heterocycles. The van der Waals surface area contributed by atoms with Crippen LogP contribution in [0.1, 0.15) is 12.8 Å². The lowest BCUT2D eigenvalue weighted by atomic mass is 9.97. The molecule has 1 aromatic heterocycles.